The second-order valence-corrected chi connectivity index (χ2v) is 4.68. The lowest BCUT2D eigenvalue weighted by atomic mass is 10.4. The molecule has 3 nitrogen and oxygen atoms in total. The Morgan fingerprint density at radius 1 is 1.47 bits per heavy atom. The van der Waals surface area contributed by atoms with Gasteiger partial charge in [0, 0.05) is 12.2 Å². The number of rotatable bonds is 3. The van der Waals surface area contributed by atoms with Gasteiger partial charge < -0.3 is 9.72 Å². The Morgan fingerprint density at radius 3 is 3.13 bits per heavy atom. The van der Waals surface area contributed by atoms with Crippen LogP contribution in [0.3, 0.4) is 0 Å². The second kappa shape index (κ2) is 3.61. The number of nitrogens with one attached hydrogen (secondary N) is 1. The van der Waals surface area contributed by atoms with E-state index in [2.05, 4.69) is 42.9 Å². The van der Waals surface area contributed by atoms with Crippen molar-refractivity contribution in [1.82, 2.24) is 14.7 Å². The number of halogens is 1. The third kappa shape index (κ3) is 1.79. The Bertz CT molecular complexity index is 488. The van der Waals surface area contributed by atoms with E-state index in [-0.39, 0.29) is 0 Å². The minimum Gasteiger partial charge on any atom is -0.307 e. The molecular weight excluding hydrogens is 254 g/mol. The second-order valence-electron chi connectivity index (χ2n) is 3.93. The van der Waals surface area contributed by atoms with Crippen LogP contribution in [0.1, 0.15) is 18.7 Å². The van der Waals surface area contributed by atoms with Crippen molar-refractivity contribution in [3.05, 3.63) is 34.8 Å². The first-order valence-corrected chi connectivity index (χ1v) is 5.99. The summed E-state index contributed by atoms with van der Waals surface area (Å²) >= 11 is 3.48. The predicted molar refractivity (Wildman–Crippen MR) is 62.8 cm³/mol. The summed E-state index contributed by atoms with van der Waals surface area (Å²) in [5.74, 6) is 1.07. The van der Waals surface area contributed by atoms with E-state index in [4.69, 9.17) is 0 Å². The Morgan fingerprint density at radius 2 is 2.33 bits per heavy atom. The van der Waals surface area contributed by atoms with Gasteiger partial charge in [0.15, 0.2) is 0 Å². The van der Waals surface area contributed by atoms with Crippen LogP contribution >= 0.6 is 15.9 Å². The molecule has 0 aromatic carbocycles. The summed E-state index contributed by atoms with van der Waals surface area (Å²) in [7, 11) is 0. The largest absolute Gasteiger partial charge is 0.307 e. The van der Waals surface area contributed by atoms with Gasteiger partial charge in [0.1, 0.15) is 10.4 Å². The van der Waals surface area contributed by atoms with Crippen LogP contribution in [0.2, 0.25) is 0 Å². The van der Waals surface area contributed by atoms with E-state index < -0.39 is 0 Å². The first-order valence-electron chi connectivity index (χ1n) is 5.19. The first-order chi connectivity index (χ1) is 7.34. The summed E-state index contributed by atoms with van der Waals surface area (Å²) < 4.78 is 3.05. The topological polar surface area (TPSA) is 29.3 Å². The number of aromatic nitrogens is 2. The van der Waals surface area contributed by atoms with Crippen molar-refractivity contribution in [3.63, 3.8) is 0 Å². The zero-order valence-electron chi connectivity index (χ0n) is 8.28. The number of pyridine rings is 1. The Balaban J connectivity index is 1.94. The first kappa shape index (κ1) is 9.36. The molecule has 15 heavy (non-hydrogen) atoms. The van der Waals surface area contributed by atoms with E-state index in [1.807, 2.05) is 12.1 Å². The molecule has 0 saturated heterocycles. The van der Waals surface area contributed by atoms with E-state index in [0.717, 1.165) is 28.5 Å². The molecule has 0 aliphatic heterocycles. The van der Waals surface area contributed by atoms with Gasteiger partial charge in [-0.3, -0.25) is 0 Å². The highest BCUT2D eigenvalue weighted by atomic mass is 79.9. The third-order valence-electron chi connectivity index (χ3n) is 2.70. The molecule has 0 atom stereocenters. The van der Waals surface area contributed by atoms with Crippen molar-refractivity contribution < 1.29 is 0 Å². The van der Waals surface area contributed by atoms with Crippen LogP contribution in [0.4, 0.5) is 0 Å². The fraction of sp³-hybridized carbons (Fsp3) is 0.364. The fourth-order valence-corrected chi connectivity index (χ4v) is 2.24. The van der Waals surface area contributed by atoms with Gasteiger partial charge in [-0.05, 0) is 40.9 Å². The molecule has 1 saturated carbocycles. The summed E-state index contributed by atoms with van der Waals surface area (Å²) in [5.41, 5.74) is 1.13. The molecule has 0 spiro atoms. The lowest BCUT2D eigenvalue weighted by molar-refractivity contribution is 0.655. The van der Waals surface area contributed by atoms with E-state index in [0.29, 0.717) is 0 Å². The molecular formula is C11H12BrN3. The van der Waals surface area contributed by atoms with Crippen LogP contribution in [0.15, 0.2) is 29.0 Å². The highest BCUT2D eigenvalue weighted by Crippen LogP contribution is 2.21. The van der Waals surface area contributed by atoms with E-state index in [1.54, 1.807) is 0 Å². The number of fused-ring (bicyclic) bond motifs is 1. The predicted octanol–water partition coefficient (Wildman–Crippen LogP) is 2.35. The zero-order valence-corrected chi connectivity index (χ0v) is 9.87. The highest BCUT2D eigenvalue weighted by molar-refractivity contribution is 9.10. The minimum atomic E-state index is 0.722. The van der Waals surface area contributed by atoms with Gasteiger partial charge in [-0.25, -0.2) is 4.98 Å². The quantitative estimate of drug-likeness (QED) is 0.924. The number of nitrogens with zero attached hydrogens (tertiary/aromatic N) is 2. The molecule has 0 amide bonds. The van der Waals surface area contributed by atoms with Crippen LogP contribution in [0.5, 0.6) is 0 Å². The average Bonchev–Trinajstić information content (AvgIpc) is 3.03. The molecule has 3 rings (SSSR count). The van der Waals surface area contributed by atoms with Crippen LogP contribution in [-0.4, -0.2) is 15.4 Å². The standard InChI is InChI=1S/C11H12BrN3/c12-11-9-3-1-2-6-15(9)10(14-11)7-13-8-4-5-8/h1-3,6,8,13H,4-5,7H2. The molecule has 0 unspecified atom stereocenters. The van der Waals surface area contributed by atoms with Crippen molar-refractivity contribution >= 4 is 21.4 Å². The summed E-state index contributed by atoms with van der Waals surface area (Å²) in [5, 5.41) is 3.47. The molecule has 4 heteroatoms. The molecule has 2 aromatic heterocycles. The van der Waals surface area contributed by atoms with Crippen LogP contribution in [0.25, 0.3) is 5.52 Å². The van der Waals surface area contributed by atoms with Gasteiger partial charge in [0.05, 0.1) is 12.1 Å². The molecule has 1 N–H and O–H groups in total. The fourth-order valence-electron chi connectivity index (χ4n) is 1.71. The molecule has 1 aliphatic rings. The van der Waals surface area contributed by atoms with Crippen molar-refractivity contribution in [2.24, 2.45) is 0 Å². The number of hydrogen-bond acceptors (Lipinski definition) is 2. The molecule has 1 aliphatic carbocycles. The van der Waals surface area contributed by atoms with Crippen LogP contribution in [-0.2, 0) is 6.54 Å². The van der Waals surface area contributed by atoms with Crippen molar-refractivity contribution in [2.45, 2.75) is 25.4 Å². The molecule has 2 aromatic rings. The highest BCUT2D eigenvalue weighted by Gasteiger charge is 2.21. The monoisotopic (exact) mass is 265 g/mol. The summed E-state index contributed by atoms with van der Waals surface area (Å²) in [6, 6.07) is 6.85. The number of imidazole rings is 1. The van der Waals surface area contributed by atoms with Crippen LogP contribution < -0.4 is 5.32 Å². The van der Waals surface area contributed by atoms with E-state index in [1.165, 1.54) is 12.8 Å². The average molecular weight is 266 g/mol. The van der Waals surface area contributed by atoms with E-state index >= 15 is 0 Å². The zero-order chi connectivity index (χ0) is 10.3. The molecule has 0 radical (unpaired) electrons. The minimum absolute atomic E-state index is 0.722. The van der Waals surface area contributed by atoms with Crippen LogP contribution in [0, 0.1) is 0 Å². The van der Waals surface area contributed by atoms with Gasteiger partial charge in [0.2, 0.25) is 0 Å². The maximum Gasteiger partial charge on any atom is 0.132 e. The van der Waals surface area contributed by atoms with Gasteiger partial charge in [-0.1, -0.05) is 6.07 Å². The molecule has 0 bridgehead atoms. The van der Waals surface area contributed by atoms with Gasteiger partial charge in [0.25, 0.3) is 0 Å². The molecule has 78 valence electrons. The van der Waals surface area contributed by atoms with Crippen molar-refractivity contribution in [2.75, 3.05) is 0 Å². The molecule has 2 heterocycles. The summed E-state index contributed by atoms with van der Waals surface area (Å²) in [6.07, 6.45) is 4.67. The Kier molecular flexibility index (Phi) is 2.25. The summed E-state index contributed by atoms with van der Waals surface area (Å²) in [4.78, 5) is 4.51. The maximum atomic E-state index is 4.51. The van der Waals surface area contributed by atoms with Gasteiger partial charge in [-0.15, -0.1) is 0 Å². The lowest BCUT2D eigenvalue weighted by Crippen LogP contribution is -2.17. The smallest absolute Gasteiger partial charge is 0.132 e. The Hall–Kier alpha value is -0.870. The van der Waals surface area contributed by atoms with Crippen molar-refractivity contribution in [1.29, 1.82) is 0 Å². The third-order valence-corrected chi connectivity index (χ3v) is 3.29. The SMILES string of the molecule is Brc1nc(CNC2CC2)n2ccccc12. The number of hydrogen-bond donors (Lipinski definition) is 1. The molecule has 1 fully saturated rings. The normalized spacial score (nSPS) is 16.1. The Labute approximate surface area is 96.6 Å². The maximum absolute atomic E-state index is 4.51. The van der Waals surface area contributed by atoms with Gasteiger partial charge in [-0.2, -0.15) is 0 Å². The van der Waals surface area contributed by atoms with Gasteiger partial charge >= 0.3 is 0 Å². The van der Waals surface area contributed by atoms with E-state index in [9.17, 15) is 0 Å². The lowest BCUT2D eigenvalue weighted by Gasteiger charge is -2.01. The summed E-state index contributed by atoms with van der Waals surface area (Å²) in [6.45, 7) is 0.849. The van der Waals surface area contributed by atoms with Crippen molar-refractivity contribution in [3.8, 4) is 0 Å².